The number of hydrogen-bond donors (Lipinski definition) is 1. The van der Waals surface area contributed by atoms with Gasteiger partial charge < -0.3 is 5.73 Å². The van der Waals surface area contributed by atoms with Crippen LogP contribution in [-0.4, -0.2) is 15.0 Å². The predicted molar refractivity (Wildman–Crippen MR) is 80.2 cm³/mol. The SMILES string of the molecule is Cc1ccc(F)cc1S(=O)(=O)N1CCc2cccc(N)c21. The number of sulfonamides is 1. The van der Waals surface area contributed by atoms with Crippen molar-refractivity contribution in [3.8, 4) is 0 Å². The van der Waals surface area contributed by atoms with Gasteiger partial charge in [-0.2, -0.15) is 0 Å². The summed E-state index contributed by atoms with van der Waals surface area (Å²) >= 11 is 0. The van der Waals surface area contributed by atoms with E-state index in [1.165, 1.54) is 16.4 Å². The number of rotatable bonds is 2. The summed E-state index contributed by atoms with van der Waals surface area (Å²) in [5, 5.41) is 0. The van der Waals surface area contributed by atoms with Crippen LogP contribution in [0.25, 0.3) is 0 Å². The van der Waals surface area contributed by atoms with Gasteiger partial charge in [-0.1, -0.05) is 18.2 Å². The van der Waals surface area contributed by atoms with Gasteiger partial charge >= 0.3 is 0 Å². The average molecular weight is 306 g/mol. The van der Waals surface area contributed by atoms with Gasteiger partial charge in [0.1, 0.15) is 5.82 Å². The summed E-state index contributed by atoms with van der Waals surface area (Å²) in [6, 6.07) is 9.11. The van der Waals surface area contributed by atoms with Crippen LogP contribution >= 0.6 is 0 Å². The second kappa shape index (κ2) is 4.73. The third-order valence-corrected chi connectivity index (χ3v) is 5.64. The van der Waals surface area contributed by atoms with Gasteiger partial charge in [-0.25, -0.2) is 12.8 Å². The molecule has 4 nitrogen and oxygen atoms in total. The molecule has 0 spiro atoms. The van der Waals surface area contributed by atoms with Crippen molar-refractivity contribution in [3.05, 3.63) is 53.3 Å². The predicted octanol–water partition coefficient (Wildman–Crippen LogP) is 2.47. The van der Waals surface area contributed by atoms with Crippen molar-refractivity contribution >= 4 is 21.4 Å². The fourth-order valence-electron chi connectivity index (χ4n) is 2.66. The summed E-state index contributed by atoms with van der Waals surface area (Å²) in [6.45, 7) is 1.97. The molecule has 0 unspecified atom stereocenters. The van der Waals surface area contributed by atoms with E-state index in [0.29, 0.717) is 29.9 Å². The van der Waals surface area contributed by atoms with Gasteiger partial charge in [0.15, 0.2) is 0 Å². The number of hydrogen-bond acceptors (Lipinski definition) is 3. The van der Waals surface area contributed by atoms with Crippen molar-refractivity contribution in [2.24, 2.45) is 0 Å². The Hall–Kier alpha value is -2.08. The van der Waals surface area contributed by atoms with E-state index < -0.39 is 15.8 Å². The van der Waals surface area contributed by atoms with Gasteiger partial charge in [0.05, 0.1) is 16.3 Å². The molecule has 0 fully saturated rings. The standard InChI is InChI=1S/C15H15FN2O2S/c1-10-5-6-12(16)9-14(10)21(19,20)18-8-7-11-3-2-4-13(17)15(11)18/h2-6,9H,7-8,17H2,1H3. The van der Waals surface area contributed by atoms with Gasteiger partial charge in [0.25, 0.3) is 10.0 Å². The molecule has 21 heavy (non-hydrogen) atoms. The van der Waals surface area contributed by atoms with E-state index in [4.69, 9.17) is 5.73 Å². The second-order valence-electron chi connectivity index (χ2n) is 5.09. The second-order valence-corrected chi connectivity index (χ2v) is 6.92. The Kier molecular flexibility index (Phi) is 3.13. The lowest BCUT2D eigenvalue weighted by Crippen LogP contribution is -2.30. The molecule has 0 radical (unpaired) electrons. The topological polar surface area (TPSA) is 63.4 Å². The molecule has 3 rings (SSSR count). The third-order valence-electron chi connectivity index (χ3n) is 3.70. The monoisotopic (exact) mass is 306 g/mol. The van der Waals surface area contributed by atoms with Crippen LogP contribution in [0.3, 0.4) is 0 Å². The van der Waals surface area contributed by atoms with Crippen LogP contribution in [0, 0.1) is 12.7 Å². The summed E-state index contributed by atoms with van der Waals surface area (Å²) < 4.78 is 40.4. The molecular weight excluding hydrogens is 291 g/mol. The average Bonchev–Trinajstić information content (AvgIpc) is 2.87. The molecular formula is C15H15FN2O2S. The maximum absolute atomic E-state index is 13.4. The Morgan fingerprint density at radius 3 is 2.76 bits per heavy atom. The highest BCUT2D eigenvalue weighted by atomic mass is 32.2. The number of nitrogen functional groups attached to an aromatic ring is 1. The first-order valence-electron chi connectivity index (χ1n) is 6.57. The Labute approximate surface area is 123 Å². The number of benzene rings is 2. The fourth-order valence-corrected chi connectivity index (χ4v) is 4.43. The lowest BCUT2D eigenvalue weighted by atomic mass is 10.1. The number of anilines is 2. The van der Waals surface area contributed by atoms with Crippen molar-refractivity contribution in [2.75, 3.05) is 16.6 Å². The Balaban J connectivity index is 2.16. The lowest BCUT2D eigenvalue weighted by Gasteiger charge is -2.22. The number of para-hydroxylation sites is 1. The summed E-state index contributed by atoms with van der Waals surface area (Å²) in [6.07, 6.45) is 0.605. The summed E-state index contributed by atoms with van der Waals surface area (Å²) in [4.78, 5) is -0.0152. The zero-order chi connectivity index (χ0) is 15.2. The van der Waals surface area contributed by atoms with E-state index in [-0.39, 0.29) is 4.90 Å². The van der Waals surface area contributed by atoms with Crippen LogP contribution in [0.5, 0.6) is 0 Å². The molecule has 0 aromatic heterocycles. The van der Waals surface area contributed by atoms with Crippen molar-refractivity contribution in [2.45, 2.75) is 18.2 Å². The fraction of sp³-hybridized carbons (Fsp3) is 0.200. The molecule has 1 heterocycles. The molecule has 2 N–H and O–H groups in total. The molecule has 110 valence electrons. The molecule has 0 saturated heterocycles. The smallest absolute Gasteiger partial charge is 0.264 e. The first-order chi connectivity index (χ1) is 9.91. The number of aryl methyl sites for hydroxylation is 1. The molecule has 2 aromatic rings. The highest BCUT2D eigenvalue weighted by Crippen LogP contribution is 2.37. The Morgan fingerprint density at radius 1 is 1.24 bits per heavy atom. The van der Waals surface area contributed by atoms with Crippen LogP contribution in [0.2, 0.25) is 0 Å². The number of fused-ring (bicyclic) bond motifs is 1. The summed E-state index contributed by atoms with van der Waals surface area (Å²) in [5.74, 6) is -0.570. The van der Waals surface area contributed by atoms with E-state index in [0.717, 1.165) is 11.6 Å². The van der Waals surface area contributed by atoms with E-state index in [1.807, 2.05) is 6.07 Å². The first-order valence-corrected chi connectivity index (χ1v) is 8.01. The normalized spacial score (nSPS) is 14.3. The molecule has 0 aliphatic carbocycles. The lowest BCUT2D eigenvalue weighted by molar-refractivity contribution is 0.586. The van der Waals surface area contributed by atoms with Crippen molar-refractivity contribution in [1.29, 1.82) is 0 Å². The summed E-state index contributed by atoms with van der Waals surface area (Å²) in [7, 11) is -3.81. The van der Waals surface area contributed by atoms with Gasteiger partial charge in [0, 0.05) is 6.54 Å². The molecule has 0 bridgehead atoms. The highest BCUT2D eigenvalue weighted by molar-refractivity contribution is 7.93. The van der Waals surface area contributed by atoms with E-state index in [1.54, 1.807) is 19.1 Å². The van der Waals surface area contributed by atoms with Crippen LogP contribution in [0.1, 0.15) is 11.1 Å². The van der Waals surface area contributed by atoms with Crippen molar-refractivity contribution < 1.29 is 12.8 Å². The highest BCUT2D eigenvalue weighted by Gasteiger charge is 2.33. The molecule has 1 aliphatic heterocycles. The third kappa shape index (κ3) is 2.15. The number of halogens is 1. The van der Waals surface area contributed by atoms with E-state index in [2.05, 4.69) is 0 Å². The van der Waals surface area contributed by atoms with E-state index in [9.17, 15) is 12.8 Å². The Morgan fingerprint density at radius 2 is 2.00 bits per heavy atom. The Bertz CT molecular complexity index is 818. The van der Waals surface area contributed by atoms with Crippen LogP contribution in [-0.2, 0) is 16.4 Å². The summed E-state index contributed by atoms with van der Waals surface area (Å²) in [5.41, 5.74) is 8.27. The number of nitrogens with zero attached hydrogens (tertiary/aromatic N) is 1. The van der Waals surface area contributed by atoms with Crippen LogP contribution in [0.15, 0.2) is 41.3 Å². The minimum atomic E-state index is -3.81. The molecule has 0 amide bonds. The first kappa shape index (κ1) is 13.9. The number of nitrogens with two attached hydrogens (primary N) is 1. The molecule has 6 heteroatoms. The molecule has 2 aromatic carbocycles. The zero-order valence-corrected chi connectivity index (χ0v) is 12.3. The maximum atomic E-state index is 13.4. The largest absolute Gasteiger partial charge is 0.397 e. The minimum absolute atomic E-state index is 0.0152. The van der Waals surface area contributed by atoms with Gasteiger partial charge in [0.2, 0.25) is 0 Å². The van der Waals surface area contributed by atoms with Crippen LogP contribution in [0.4, 0.5) is 15.8 Å². The van der Waals surface area contributed by atoms with Crippen molar-refractivity contribution in [1.82, 2.24) is 0 Å². The van der Waals surface area contributed by atoms with Gasteiger partial charge in [-0.15, -0.1) is 0 Å². The minimum Gasteiger partial charge on any atom is -0.397 e. The molecule has 1 aliphatic rings. The van der Waals surface area contributed by atoms with Gasteiger partial charge in [-0.3, -0.25) is 4.31 Å². The van der Waals surface area contributed by atoms with Crippen LogP contribution < -0.4 is 10.0 Å². The van der Waals surface area contributed by atoms with Crippen molar-refractivity contribution in [3.63, 3.8) is 0 Å². The zero-order valence-electron chi connectivity index (χ0n) is 11.5. The van der Waals surface area contributed by atoms with Gasteiger partial charge in [-0.05, 0) is 42.7 Å². The quantitative estimate of drug-likeness (QED) is 0.867. The molecule has 0 atom stereocenters. The maximum Gasteiger partial charge on any atom is 0.264 e. The molecule has 0 saturated carbocycles. The van der Waals surface area contributed by atoms with E-state index >= 15 is 0 Å².